The first-order valence-electron chi connectivity index (χ1n) is 7.28. The minimum Gasteiger partial charge on any atom is -0.329 e. The molecule has 0 aliphatic heterocycles. The Morgan fingerprint density at radius 1 is 1.28 bits per heavy atom. The molecule has 1 aromatic heterocycles. The molecule has 0 aromatic carbocycles. The van der Waals surface area contributed by atoms with Crippen molar-refractivity contribution in [2.24, 2.45) is 5.73 Å². The van der Waals surface area contributed by atoms with Gasteiger partial charge in [0.05, 0.1) is 0 Å². The molecule has 0 atom stereocenters. The van der Waals surface area contributed by atoms with E-state index in [2.05, 4.69) is 29.3 Å². The Bertz CT molecular complexity index is 326. The average molecular weight is 266 g/mol. The van der Waals surface area contributed by atoms with E-state index in [1.54, 1.807) is 0 Å². The Hall–Kier alpha value is -0.380. The van der Waals surface area contributed by atoms with E-state index in [4.69, 9.17) is 5.73 Å². The molecule has 2 nitrogen and oxygen atoms in total. The molecule has 0 saturated heterocycles. The third-order valence-electron chi connectivity index (χ3n) is 4.39. The lowest BCUT2D eigenvalue weighted by Gasteiger charge is -2.42. The van der Waals surface area contributed by atoms with E-state index in [9.17, 15) is 0 Å². The standard InChI is InChI=1S/C15H26N2S/c1-2-17(12-14-8-7-11-18-14)15(13-16)9-5-3-4-6-10-15/h7-8,11H,2-6,9-10,12-13,16H2,1H3. The summed E-state index contributed by atoms with van der Waals surface area (Å²) in [5.74, 6) is 0. The van der Waals surface area contributed by atoms with Crippen LogP contribution >= 0.6 is 11.3 Å². The molecule has 0 radical (unpaired) electrons. The van der Waals surface area contributed by atoms with Gasteiger partial charge >= 0.3 is 0 Å². The van der Waals surface area contributed by atoms with Gasteiger partial charge in [-0.2, -0.15) is 0 Å². The summed E-state index contributed by atoms with van der Waals surface area (Å²) < 4.78 is 0. The van der Waals surface area contributed by atoms with Crippen molar-refractivity contribution in [2.45, 2.75) is 57.5 Å². The van der Waals surface area contributed by atoms with Gasteiger partial charge in [0, 0.05) is 23.5 Å². The number of hydrogen-bond donors (Lipinski definition) is 1. The minimum atomic E-state index is 0.259. The highest BCUT2D eigenvalue weighted by atomic mass is 32.1. The lowest BCUT2D eigenvalue weighted by molar-refractivity contribution is 0.0767. The normalized spacial score (nSPS) is 19.9. The van der Waals surface area contributed by atoms with Crippen LogP contribution in [-0.4, -0.2) is 23.5 Å². The highest BCUT2D eigenvalue weighted by Gasteiger charge is 2.34. The van der Waals surface area contributed by atoms with Crippen LogP contribution in [0.15, 0.2) is 17.5 Å². The van der Waals surface area contributed by atoms with Crippen LogP contribution in [0.2, 0.25) is 0 Å². The van der Waals surface area contributed by atoms with Crippen molar-refractivity contribution >= 4 is 11.3 Å². The monoisotopic (exact) mass is 266 g/mol. The first kappa shape index (κ1) is 14.0. The summed E-state index contributed by atoms with van der Waals surface area (Å²) >= 11 is 1.86. The second kappa shape index (κ2) is 6.69. The zero-order valence-electron chi connectivity index (χ0n) is 11.5. The minimum absolute atomic E-state index is 0.259. The lowest BCUT2D eigenvalue weighted by Crippen LogP contribution is -2.53. The van der Waals surface area contributed by atoms with Crippen molar-refractivity contribution in [1.29, 1.82) is 0 Å². The molecule has 3 heteroatoms. The molecule has 1 aliphatic rings. The molecule has 1 saturated carbocycles. The molecule has 1 aliphatic carbocycles. The maximum atomic E-state index is 6.17. The van der Waals surface area contributed by atoms with Crippen LogP contribution in [0.4, 0.5) is 0 Å². The maximum absolute atomic E-state index is 6.17. The van der Waals surface area contributed by atoms with Crippen molar-refractivity contribution in [3.05, 3.63) is 22.4 Å². The molecule has 2 rings (SSSR count). The summed E-state index contributed by atoms with van der Waals surface area (Å²) in [6.07, 6.45) is 8.03. The number of nitrogens with two attached hydrogens (primary N) is 1. The third-order valence-corrected chi connectivity index (χ3v) is 5.25. The number of rotatable bonds is 5. The molecule has 102 valence electrons. The fourth-order valence-corrected chi connectivity index (χ4v) is 3.96. The Labute approximate surface area is 115 Å². The van der Waals surface area contributed by atoms with Crippen LogP contribution < -0.4 is 5.73 Å². The summed E-state index contributed by atoms with van der Waals surface area (Å²) in [7, 11) is 0. The fraction of sp³-hybridized carbons (Fsp3) is 0.733. The van der Waals surface area contributed by atoms with Crippen LogP contribution in [-0.2, 0) is 6.54 Å². The topological polar surface area (TPSA) is 29.3 Å². The summed E-state index contributed by atoms with van der Waals surface area (Å²) in [5.41, 5.74) is 6.43. The predicted octanol–water partition coefficient (Wildman–Crippen LogP) is 3.62. The van der Waals surface area contributed by atoms with Gasteiger partial charge in [-0.3, -0.25) is 4.90 Å². The van der Waals surface area contributed by atoms with Gasteiger partial charge in [0.2, 0.25) is 0 Å². The van der Waals surface area contributed by atoms with Crippen LogP contribution in [0.5, 0.6) is 0 Å². The SMILES string of the molecule is CCN(Cc1cccs1)C1(CN)CCCCCC1. The smallest absolute Gasteiger partial charge is 0.0335 e. The van der Waals surface area contributed by atoms with Crippen molar-refractivity contribution < 1.29 is 0 Å². The van der Waals surface area contributed by atoms with E-state index in [1.807, 2.05) is 11.3 Å². The zero-order chi connectivity index (χ0) is 12.8. The molecule has 0 bridgehead atoms. The van der Waals surface area contributed by atoms with E-state index in [1.165, 1.54) is 43.4 Å². The van der Waals surface area contributed by atoms with Crippen LogP contribution in [0.25, 0.3) is 0 Å². The molecule has 1 fully saturated rings. The predicted molar refractivity (Wildman–Crippen MR) is 79.9 cm³/mol. The third kappa shape index (κ3) is 3.14. The molecular weight excluding hydrogens is 240 g/mol. The van der Waals surface area contributed by atoms with Gasteiger partial charge in [0.25, 0.3) is 0 Å². The quantitative estimate of drug-likeness (QED) is 0.825. The van der Waals surface area contributed by atoms with Gasteiger partial charge in [-0.1, -0.05) is 38.7 Å². The highest BCUT2D eigenvalue weighted by Crippen LogP contribution is 2.33. The number of nitrogens with zero attached hydrogens (tertiary/aromatic N) is 1. The average Bonchev–Trinajstić information content (AvgIpc) is 2.79. The molecule has 1 aromatic rings. The summed E-state index contributed by atoms with van der Waals surface area (Å²) in [5, 5.41) is 2.17. The van der Waals surface area contributed by atoms with Gasteiger partial charge in [0.1, 0.15) is 0 Å². The molecule has 1 heterocycles. The number of thiophene rings is 1. The Balaban J connectivity index is 2.11. The van der Waals surface area contributed by atoms with E-state index in [-0.39, 0.29) is 5.54 Å². The lowest BCUT2D eigenvalue weighted by atomic mass is 9.88. The van der Waals surface area contributed by atoms with E-state index >= 15 is 0 Å². The van der Waals surface area contributed by atoms with Crippen LogP contribution in [0.3, 0.4) is 0 Å². The maximum Gasteiger partial charge on any atom is 0.0335 e. The van der Waals surface area contributed by atoms with E-state index < -0.39 is 0 Å². The summed E-state index contributed by atoms with van der Waals surface area (Å²) in [6.45, 7) is 5.27. The summed E-state index contributed by atoms with van der Waals surface area (Å²) in [4.78, 5) is 4.10. The molecule has 2 N–H and O–H groups in total. The molecular formula is C15H26N2S. The number of hydrogen-bond acceptors (Lipinski definition) is 3. The van der Waals surface area contributed by atoms with Gasteiger partial charge in [-0.15, -0.1) is 11.3 Å². The second-order valence-electron chi connectivity index (χ2n) is 5.44. The number of likely N-dealkylation sites (N-methyl/N-ethyl adjacent to an activating group) is 1. The molecule has 0 spiro atoms. The first-order valence-corrected chi connectivity index (χ1v) is 8.16. The fourth-order valence-electron chi connectivity index (χ4n) is 3.24. The van der Waals surface area contributed by atoms with Crippen LogP contribution in [0.1, 0.15) is 50.3 Å². The van der Waals surface area contributed by atoms with Gasteiger partial charge < -0.3 is 5.73 Å². The molecule has 0 unspecified atom stereocenters. The van der Waals surface area contributed by atoms with E-state index in [0.717, 1.165) is 19.6 Å². The van der Waals surface area contributed by atoms with Crippen molar-refractivity contribution in [2.75, 3.05) is 13.1 Å². The zero-order valence-corrected chi connectivity index (χ0v) is 12.3. The first-order chi connectivity index (χ1) is 8.80. The Morgan fingerprint density at radius 3 is 2.50 bits per heavy atom. The van der Waals surface area contributed by atoms with Gasteiger partial charge in [-0.25, -0.2) is 0 Å². The summed E-state index contributed by atoms with van der Waals surface area (Å²) in [6, 6.07) is 4.39. The van der Waals surface area contributed by atoms with Gasteiger partial charge in [-0.05, 0) is 30.8 Å². The largest absolute Gasteiger partial charge is 0.329 e. The highest BCUT2D eigenvalue weighted by molar-refractivity contribution is 7.09. The van der Waals surface area contributed by atoms with Crippen molar-refractivity contribution in [3.8, 4) is 0 Å². The second-order valence-corrected chi connectivity index (χ2v) is 6.47. The Morgan fingerprint density at radius 2 is 2.00 bits per heavy atom. The molecule has 0 amide bonds. The molecule has 18 heavy (non-hydrogen) atoms. The Kier molecular flexibility index (Phi) is 5.22. The van der Waals surface area contributed by atoms with Crippen LogP contribution in [0, 0.1) is 0 Å². The van der Waals surface area contributed by atoms with Crippen molar-refractivity contribution in [3.63, 3.8) is 0 Å². The van der Waals surface area contributed by atoms with Crippen molar-refractivity contribution in [1.82, 2.24) is 4.90 Å². The van der Waals surface area contributed by atoms with Gasteiger partial charge in [0.15, 0.2) is 0 Å². The van der Waals surface area contributed by atoms with E-state index in [0.29, 0.717) is 0 Å².